The van der Waals surface area contributed by atoms with Crippen molar-refractivity contribution in [1.82, 2.24) is 9.97 Å². The fourth-order valence-corrected chi connectivity index (χ4v) is 3.39. The molecule has 0 radical (unpaired) electrons. The van der Waals surface area contributed by atoms with Crippen molar-refractivity contribution in [3.05, 3.63) is 41.5 Å². The van der Waals surface area contributed by atoms with Crippen LogP contribution < -0.4 is 9.08 Å². The highest BCUT2D eigenvalue weighted by Gasteiger charge is 2.49. The van der Waals surface area contributed by atoms with Gasteiger partial charge in [-0.1, -0.05) is 42.1 Å². The summed E-state index contributed by atoms with van der Waals surface area (Å²) in [6.07, 6.45) is 1.53. The van der Waals surface area contributed by atoms with Crippen LogP contribution in [0.2, 0.25) is 0 Å². The summed E-state index contributed by atoms with van der Waals surface area (Å²) < 4.78 is 65.3. The van der Waals surface area contributed by atoms with Gasteiger partial charge in [0.2, 0.25) is 0 Å². The Morgan fingerprint density at radius 3 is 2.25 bits per heavy atom. The van der Waals surface area contributed by atoms with Crippen molar-refractivity contribution in [1.29, 1.82) is 0 Å². The summed E-state index contributed by atoms with van der Waals surface area (Å²) in [5.74, 6) is -1.44. The number of halogens is 3. The quantitative estimate of drug-likeness (QED) is 0.274. The number of fused-ring (bicyclic) bond motifs is 1. The van der Waals surface area contributed by atoms with E-state index in [0.717, 1.165) is 31.5 Å². The van der Waals surface area contributed by atoms with Crippen LogP contribution >= 0.6 is 11.8 Å². The Labute approximate surface area is 187 Å². The standard InChI is InChI=1S/C16H14F3N3O4S2.2CH4O/c1-27-15-20-13-12(14(21-15)26-28(24,25)16(17,18)19)11(23)7-8-22(13)9-10-5-3-2-4-6-10;2*1-2/h2-6H,7-9H2,1H3;2*2H,1H3. The fourth-order valence-electron chi connectivity index (χ4n) is 2.61. The second-order valence-corrected chi connectivity index (χ2v) is 8.09. The number of thioether (sulfide) groups is 1. The summed E-state index contributed by atoms with van der Waals surface area (Å²) in [6, 6.07) is 9.17. The van der Waals surface area contributed by atoms with Gasteiger partial charge in [-0.2, -0.15) is 26.6 Å². The van der Waals surface area contributed by atoms with Gasteiger partial charge in [0.25, 0.3) is 5.88 Å². The van der Waals surface area contributed by atoms with Crippen molar-refractivity contribution in [2.75, 3.05) is 31.9 Å². The van der Waals surface area contributed by atoms with Crippen molar-refractivity contribution in [3.8, 4) is 5.88 Å². The molecule has 2 N–H and O–H groups in total. The van der Waals surface area contributed by atoms with Crippen molar-refractivity contribution >= 4 is 33.5 Å². The van der Waals surface area contributed by atoms with E-state index in [1.165, 1.54) is 0 Å². The number of aromatic nitrogens is 2. The van der Waals surface area contributed by atoms with Crippen LogP contribution in [0.1, 0.15) is 22.3 Å². The summed E-state index contributed by atoms with van der Waals surface area (Å²) in [5.41, 5.74) is -5.13. The van der Waals surface area contributed by atoms with Gasteiger partial charge in [-0.3, -0.25) is 4.79 Å². The largest absolute Gasteiger partial charge is 0.534 e. The monoisotopic (exact) mass is 497 g/mol. The van der Waals surface area contributed by atoms with Crippen LogP contribution in [0.5, 0.6) is 5.88 Å². The number of alkyl halides is 3. The van der Waals surface area contributed by atoms with Crippen LogP contribution in [0, 0.1) is 0 Å². The Morgan fingerprint density at radius 2 is 1.72 bits per heavy atom. The topological polar surface area (TPSA) is 130 Å². The molecule has 2 aromatic rings. The van der Waals surface area contributed by atoms with E-state index in [2.05, 4.69) is 14.2 Å². The summed E-state index contributed by atoms with van der Waals surface area (Å²) in [4.78, 5) is 22.0. The maximum atomic E-state index is 12.7. The molecule has 9 nitrogen and oxygen atoms in total. The highest BCUT2D eigenvalue weighted by molar-refractivity contribution is 7.98. The Balaban J connectivity index is 0.00000121. The van der Waals surface area contributed by atoms with E-state index >= 15 is 0 Å². The van der Waals surface area contributed by atoms with Crippen molar-refractivity contribution in [2.45, 2.75) is 23.6 Å². The number of aliphatic hydroxyl groups excluding tert-OH is 2. The van der Waals surface area contributed by atoms with Crippen LogP contribution in [0.4, 0.5) is 19.0 Å². The maximum absolute atomic E-state index is 12.7. The lowest BCUT2D eigenvalue weighted by atomic mass is 10.0. The molecular weight excluding hydrogens is 475 g/mol. The number of carbonyl (C=O) groups excluding carboxylic acids is 1. The Morgan fingerprint density at radius 1 is 1.12 bits per heavy atom. The molecule has 0 aliphatic carbocycles. The van der Waals surface area contributed by atoms with Gasteiger partial charge in [0.15, 0.2) is 10.9 Å². The van der Waals surface area contributed by atoms with E-state index in [4.69, 9.17) is 10.2 Å². The smallest absolute Gasteiger partial charge is 0.400 e. The first-order valence-corrected chi connectivity index (χ1v) is 11.4. The lowest BCUT2D eigenvalue weighted by Gasteiger charge is -2.30. The lowest BCUT2D eigenvalue weighted by molar-refractivity contribution is -0.0501. The second-order valence-electron chi connectivity index (χ2n) is 5.78. The number of anilines is 1. The molecule has 1 aromatic heterocycles. The second kappa shape index (κ2) is 12.0. The molecule has 3 rings (SSSR count). The summed E-state index contributed by atoms with van der Waals surface area (Å²) in [7, 11) is -3.98. The Kier molecular flexibility index (Phi) is 10.3. The van der Waals surface area contributed by atoms with Gasteiger partial charge in [-0.25, -0.2) is 4.98 Å². The van der Waals surface area contributed by atoms with E-state index < -0.39 is 27.3 Å². The molecule has 14 heteroatoms. The first-order chi connectivity index (χ1) is 15.1. The number of rotatable bonds is 5. The zero-order valence-electron chi connectivity index (χ0n) is 17.3. The average Bonchev–Trinajstić information content (AvgIpc) is 2.78. The van der Waals surface area contributed by atoms with Gasteiger partial charge in [0.05, 0.1) is 0 Å². The molecule has 32 heavy (non-hydrogen) atoms. The van der Waals surface area contributed by atoms with Gasteiger partial charge in [-0.15, -0.1) is 0 Å². The number of ketones is 1. The summed E-state index contributed by atoms with van der Waals surface area (Å²) in [6.45, 7) is 0.606. The molecule has 0 fully saturated rings. The van der Waals surface area contributed by atoms with Crippen molar-refractivity contribution in [3.63, 3.8) is 0 Å². The first-order valence-electron chi connectivity index (χ1n) is 8.80. The minimum absolute atomic E-state index is 0.0149. The molecule has 0 unspecified atom stereocenters. The molecule has 1 aliphatic rings. The van der Waals surface area contributed by atoms with E-state index in [0.29, 0.717) is 6.54 Å². The minimum Gasteiger partial charge on any atom is -0.400 e. The normalized spacial score (nSPS) is 13.2. The third-order valence-electron chi connectivity index (χ3n) is 3.89. The van der Waals surface area contributed by atoms with E-state index in [9.17, 15) is 26.4 Å². The SMILES string of the molecule is CO.CO.CSc1nc(OS(=O)(=O)C(F)(F)F)c2c(n1)N(Cc1ccccc1)CCC2=O. The van der Waals surface area contributed by atoms with Gasteiger partial charge in [0, 0.05) is 33.7 Å². The predicted molar refractivity (Wildman–Crippen MR) is 112 cm³/mol. The molecule has 2 heterocycles. The molecule has 0 saturated carbocycles. The minimum atomic E-state index is -5.98. The number of hydrogen-bond donors (Lipinski definition) is 2. The first kappa shape index (κ1) is 27.6. The van der Waals surface area contributed by atoms with Crippen molar-refractivity contribution < 1.29 is 40.8 Å². The van der Waals surface area contributed by atoms with E-state index in [1.807, 2.05) is 30.3 Å². The van der Waals surface area contributed by atoms with Crippen LogP contribution in [0.15, 0.2) is 35.5 Å². The zero-order chi connectivity index (χ0) is 24.5. The Hall–Kier alpha value is -2.42. The molecule has 1 aromatic carbocycles. The highest BCUT2D eigenvalue weighted by Crippen LogP contribution is 2.36. The zero-order valence-corrected chi connectivity index (χ0v) is 19.0. The van der Waals surface area contributed by atoms with Gasteiger partial charge in [0.1, 0.15) is 11.4 Å². The molecule has 0 saturated heterocycles. The number of carbonyl (C=O) groups is 1. The van der Waals surface area contributed by atoms with Crippen LogP contribution in [0.25, 0.3) is 0 Å². The molecule has 0 spiro atoms. The molecule has 1 aliphatic heterocycles. The Bertz CT molecular complexity index is 1010. The number of hydrogen-bond acceptors (Lipinski definition) is 10. The number of benzene rings is 1. The lowest BCUT2D eigenvalue weighted by Crippen LogP contribution is -2.35. The van der Waals surface area contributed by atoms with Crippen molar-refractivity contribution in [2.24, 2.45) is 0 Å². The van der Waals surface area contributed by atoms with Gasteiger partial charge < -0.3 is 19.3 Å². The third kappa shape index (κ3) is 6.54. The van der Waals surface area contributed by atoms with Gasteiger partial charge in [-0.05, 0) is 11.8 Å². The maximum Gasteiger partial charge on any atom is 0.534 e. The van der Waals surface area contributed by atoms with Crippen LogP contribution in [-0.2, 0) is 16.7 Å². The molecule has 178 valence electrons. The predicted octanol–water partition coefficient (Wildman–Crippen LogP) is 2.24. The molecule has 0 amide bonds. The molecule has 0 atom stereocenters. The number of aliphatic hydroxyl groups is 2. The van der Waals surface area contributed by atoms with Crippen LogP contribution in [0.3, 0.4) is 0 Å². The highest BCUT2D eigenvalue weighted by atomic mass is 32.2. The summed E-state index contributed by atoms with van der Waals surface area (Å²) >= 11 is 0.983. The molecule has 0 bridgehead atoms. The summed E-state index contributed by atoms with van der Waals surface area (Å²) in [5, 5.41) is 14.0. The average molecular weight is 498 g/mol. The van der Waals surface area contributed by atoms with Crippen LogP contribution in [-0.4, -0.2) is 66.9 Å². The fraction of sp³-hybridized carbons (Fsp3) is 0.389. The third-order valence-corrected chi connectivity index (χ3v) is 5.39. The van der Waals surface area contributed by atoms with E-state index in [1.54, 1.807) is 11.2 Å². The number of Topliss-reactive ketones (excluding diaryl/α,β-unsaturated/α-hetero) is 1. The van der Waals surface area contributed by atoms with E-state index in [-0.39, 0.29) is 29.5 Å². The number of nitrogens with zero attached hydrogens (tertiary/aromatic N) is 3. The van der Waals surface area contributed by atoms with Gasteiger partial charge >= 0.3 is 15.6 Å². The molecular formula is C18H22F3N3O6S2.